The summed E-state index contributed by atoms with van der Waals surface area (Å²) in [5, 5.41) is -0.325. The Labute approximate surface area is 108 Å². The zero-order chi connectivity index (χ0) is 12.5. The summed E-state index contributed by atoms with van der Waals surface area (Å²) >= 11 is 5.22. The summed E-state index contributed by atoms with van der Waals surface area (Å²) in [6.45, 7) is 2.19. The van der Waals surface area contributed by atoms with Crippen LogP contribution in [0, 0.1) is 11.8 Å². The molecule has 0 aliphatic rings. The number of hydrogen-bond donors (Lipinski definition) is 0. The van der Waals surface area contributed by atoms with Crippen molar-refractivity contribution < 1.29 is 4.79 Å². The molecule has 0 saturated carbocycles. The second-order valence-corrected chi connectivity index (χ2v) is 4.38. The van der Waals surface area contributed by atoms with Crippen molar-refractivity contribution in [2.24, 2.45) is 0 Å². The van der Waals surface area contributed by atoms with Gasteiger partial charge in [-0.05, 0) is 42.1 Å². The Kier molecular flexibility index (Phi) is 6.43. The molecule has 2 heteroatoms. The first-order chi connectivity index (χ1) is 8.22. The van der Waals surface area contributed by atoms with Crippen LogP contribution in [0.25, 0.3) is 0 Å². The highest BCUT2D eigenvalue weighted by Gasteiger charge is 1.93. The van der Waals surface area contributed by atoms with Crippen LogP contribution in [0.1, 0.15) is 43.7 Å². The molecular weight excluding hydrogens is 232 g/mol. The molecule has 90 valence electrons. The quantitative estimate of drug-likeness (QED) is 0.570. The number of carbonyl (C=O) groups excluding carboxylic acids is 1. The zero-order valence-electron chi connectivity index (χ0n) is 10.1. The second kappa shape index (κ2) is 7.92. The Balaban J connectivity index is 2.47. The van der Waals surface area contributed by atoms with Gasteiger partial charge in [-0.1, -0.05) is 37.3 Å². The minimum Gasteiger partial charge on any atom is -0.281 e. The van der Waals surface area contributed by atoms with Crippen molar-refractivity contribution in [2.45, 2.75) is 39.0 Å². The Morgan fingerprint density at radius 3 is 2.59 bits per heavy atom. The van der Waals surface area contributed by atoms with Gasteiger partial charge in [0, 0.05) is 18.4 Å². The summed E-state index contributed by atoms with van der Waals surface area (Å²) < 4.78 is 0. The van der Waals surface area contributed by atoms with Crippen molar-refractivity contribution in [3.05, 3.63) is 35.4 Å². The fourth-order valence-corrected chi connectivity index (χ4v) is 1.56. The Hall–Kier alpha value is -1.26. The lowest BCUT2D eigenvalue weighted by Crippen LogP contribution is -1.85. The van der Waals surface area contributed by atoms with E-state index in [0.29, 0.717) is 12.8 Å². The van der Waals surface area contributed by atoms with E-state index in [0.717, 1.165) is 12.0 Å². The summed E-state index contributed by atoms with van der Waals surface area (Å²) in [6.07, 6.45) is 4.42. The minimum atomic E-state index is -0.325. The summed E-state index contributed by atoms with van der Waals surface area (Å²) in [4.78, 5) is 10.5. The molecule has 0 aliphatic carbocycles. The Bertz CT molecular complexity index is 409. The first-order valence-electron chi connectivity index (χ1n) is 5.98. The van der Waals surface area contributed by atoms with E-state index < -0.39 is 0 Å². The lowest BCUT2D eigenvalue weighted by atomic mass is 10.1. The van der Waals surface area contributed by atoms with E-state index in [1.165, 1.54) is 18.4 Å². The molecule has 0 fully saturated rings. The summed E-state index contributed by atoms with van der Waals surface area (Å²) in [6, 6.07) is 8.29. The van der Waals surface area contributed by atoms with Gasteiger partial charge in [0.05, 0.1) is 0 Å². The maximum Gasteiger partial charge on any atom is 0.222 e. The number of hydrogen-bond acceptors (Lipinski definition) is 1. The van der Waals surface area contributed by atoms with Crippen molar-refractivity contribution in [1.82, 2.24) is 0 Å². The largest absolute Gasteiger partial charge is 0.281 e. The molecule has 1 rings (SSSR count). The topological polar surface area (TPSA) is 17.1 Å². The number of carbonyl (C=O) groups is 1. The van der Waals surface area contributed by atoms with E-state index in [2.05, 4.69) is 30.9 Å². The van der Waals surface area contributed by atoms with Gasteiger partial charge in [-0.25, -0.2) is 0 Å². The van der Waals surface area contributed by atoms with Crippen LogP contribution in [-0.4, -0.2) is 5.24 Å². The average molecular weight is 249 g/mol. The van der Waals surface area contributed by atoms with Gasteiger partial charge in [0.15, 0.2) is 0 Å². The van der Waals surface area contributed by atoms with Gasteiger partial charge in [0.1, 0.15) is 0 Å². The molecule has 0 aliphatic heterocycles. The SMILES string of the molecule is CCCCc1ccc(C#CCCC(=O)Cl)cc1. The molecule has 0 N–H and O–H groups in total. The lowest BCUT2D eigenvalue weighted by molar-refractivity contribution is -0.111. The summed E-state index contributed by atoms with van der Waals surface area (Å²) in [5.74, 6) is 5.96. The van der Waals surface area contributed by atoms with E-state index in [1.54, 1.807) is 0 Å². The van der Waals surface area contributed by atoms with E-state index in [-0.39, 0.29) is 5.24 Å². The van der Waals surface area contributed by atoms with Crippen molar-refractivity contribution in [1.29, 1.82) is 0 Å². The number of benzene rings is 1. The highest BCUT2D eigenvalue weighted by atomic mass is 35.5. The summed E-state index contributed by atoms with van der Waals surface area (Å²) in [5.41, 5.74) is 2.35. The standard InChI is InChI=1S/C15H17ClO/c1-2-3-6-13-9-11-14(12-10-13)7-4-5-8-15(16)17/h9-12H,2-3,5-6,8H2,1H3. The molecule has 0 atom stereocenters. The molecule has 0 heterocycles. The zero-order valence-corrected chi connectivity index (χ0v) is 10.9. The molecule has 17 heavy (non-hydrogen) atoms. The molecule has 0 unspecified atom stereocenters. The van der Waals surface area contributed by atoms with Crippen LogP contribution in [0.15, 0.2) is 24.3 Å². The highest BCUT2D eigenvalue weighted by Crippen LogP contribution is 2.07. The number of aryl methyl sites for hydroxylation is 1. The molecule has 0 aromatic heterocycles. The number of unbranched alkanes of at least 4 members (excludes halogenated alkanes) is 1. The molecule has 0 bridgehead atoms. The monoisotopic (exact) mass is 248 g/mol. The molecule has 0 radical (unpaired) electrons. The van der Waals surface area contributed by atoms with Gasteiger partial charge < -0.3 is 0 Å². The van der Waals surface area contributed by atoms with Crippen LogP contribution in [-0.2, 0) is 11.2 Å². The van der Waals surface area contributed by atoms with Crippen LogP contribution >= 0.6 is 11.6 Å². The van der Waals surface area contributed by atoms with E-state index >= 15 is 0 Å². The smallest absolute Gasteiger partial charge is 0.222 e. The lowest BCUT2D eigenvalue weighted by Gasteiger charge is -1.99. The molecule has 1 aromatic carbocycles. The predicted octanol–water partition coefficient (Wildman–Crippen LogP) is 3.93. The summed E-state index contributed by atoms with van der Waals surface area (Å²) in [7, 11) is 0. The second-order valence-electron chi connectivity index (χ2n) is 3.96. The van der Waals surface area contributed by atoms with Crippen LogP contribution in [0.4, 0.5) is 0 Å². The van der Waals surface area contributed by atoms with Gasteiger partial charge in [-0.15, -0.1) is 0 Å². The predicted molar refractivity (Wildman–Crippen MR) is 72.0 cm³/mol. The molecule has 0 amide bonds. The van der Waals surface area contributed by atoms with Crippen molar-refractivity contribution in [3.8, 4) is 11.8 Å². The van der Waals surface area contributed by atoms with Gasteiger partial charge in [-0.2, -0.15) is 0 Å². The van der Waals surface area contributed by atoms with Crippen LogP contribution in [0.2, 0.25) is 0 Å². The van der Waals surface area contributed by atoms with Crippen LogP contribution in [0.3, 0.4) is 0 Å². The van der Waals surface area contributed by atoms with Crippen molar-refractivity contribution >= 4 is 16.8 Å². The Morgan fingerprint density at radius 1 is 1.29 bits per heavy atom. The normalized spacial score (nSPS) is 9.53. The molecule has 1 nitrogen and oxygen atoms in total. The van der Waals surface area contributed by atoms with E-state index in [4.69, 9.17) is 11.6 Å². The van der Waals surface area contributed by atoms with Crippen LogP contribution < -0.4 is 0 Å². The van der Waals surface area contributed by atoms with Crippen molar-refractivity contribution in [3.63, 3.8) is 0 Å². The Morgan fingerprint density at radius 2 is 2.00 bits per heavy atom. The van der Waals surface area contributed by atoms with Gasteiger partial charge >= 0.3 is 0 Å². The fourth-order valence-electron chi connectivity index (χ4n) is 1.46. The third kappa shape index (κ3) is 6.14. The maximum absolute atomic E-state index is 10.5. The van der Waals surface area contributed by atoms with E-state index in [9.17, 15) is 4.79 Å². The van der Waals surface area contributed by atoms with Gasteiger partial charge in [-0.3, -0.25) is 4.79 Å². The van der Waals surface area contributed by atoms with Gasteiger partial charge in [0.2, 0.25) is 5.24 Å². The molecule has 1 aromatic rings. The minimum absolute atomic E-state index is 0.323. The third-order valence-electron chi connectivity index (χ3n) is 2.45. The van der Waals surface area contributed by atoms with Crippen molar-refractivity contribution in [2.75, 3.05) is 0 Å². The number of rotatable bonds is 5. The molecule has 0 saturated heterocycles. The fraction of sp³-hybridized carbons (Fsp3) is 0.400. The molecule has 0 spiro atoms. The average Bonchev–Trinajstić information content (AvgIpc) is 2.33. The molecular formula is C15H17ClO. The van der Waals surface area contributed by atoms with Gasteiger partial charge in [0.25, 0.3) is 0 Å². The third-order valence-corrected chi connectivity index (χ3v) is 2.64. The maximum atomic E-state index is 10.5. The first-order valence-corrected chi connectivity index (χ1v) is 6.36. The first kappa shape index (κ1) is 13.8. The van der Waals surface area contributed by atoms with Crippen LogP contribution in [0.5, 0.6) is 0 Å². The van der Waals surface area contributed by atoms with E-state index in [1.807, 2.05) is 12.1 Å². The number of halogens is 1. The highest BCUT2D eigenvalue weighted by molar-refractivity contribution is 6.63.